The average molecular weight is 475 g/mol. The Morgan fingerprint density at radius 2 is 1.80 bits per heavy atom. The van der Waals surface area contributed by atoms with Crippen LogP contribution in [0.1, 0.15) is 23.8 Å². The summed E-state index contributed by atoms with van der Waals surface area (Å²) in [4.78, 5) is 42.6. The van der Waals surface area contributed by atoms with Crippen molar-refractivity contribution in [2.45, 2.75) is 33.0 Å². The second-order valence-electron chi connectivity index (χ2n) is 8.14. The van der Waals surface area contributed by atoms with Crippen molar-refractivity contribution in [3.63, 3.8) is 0 Å². The number of nitrogens with one attached hydrogen (secondary N) is 1. The monoisotopic (exact) mass is 474 g/mol. The van der Waals surface area contributed by atoms with Gasteiger partial charge in [0, 0.05) is 0 Å². The largest absolute Gasteiger partial charge is 0.481 e. The molecule has 0 spiro atoms. The first-order chi connectivity index (χ1) is 16.8. The number of nitrogen functional groups attached to an aromatic ring is 1. The zero-order valence-electron chi connectivity index (χ0n) is 19.4. The molecule has 9 heteroatoms. The van der Waals surface area contributed by atoms with Gasteiger partial charge in [-0.25, -0.2) is 4.79 Å². The molecule has 0 fully saturated rings. The van der Waals surface area contributed by atoms with Crippen LogP contribution in [0.25, 0.3) is 0 Å². The number of hydrogen-bond acceptors (Lipinski definition) is 6. The molecule has 1 amide bonds. The van der Waals surface area contributed by atoms with E-state index in [1.807, 2.05) is 49.4 Å². The fourth-order valence-corrected chi connectivity index (χ4v) is 3.68. The fourth-order valence-electron chi connectivity index (χ4n) is 3.68. The van der Waals surface area contributed by atoms with E-state index in [4.69, 9.17) is 14.9 Å². The summed E-state index contributed by atoms with van der Waals surface area (Å²) >= 11 is 0. The molecule has 0 aliphatic heterocycles. The highest BCUT2D eigenvalue weighted by Gasteiger charge is 2.30. The Kier molecular flexibility index (Phi) is 6.86. The minimum absolute atomic E-state index is 0.0791. The van der Waals surface area contributed by atoms with Gasteiger partial charge in [0.1, 0.15) is 17.3 Å². The van der Waals surface area contributed by atoms with E-state index in [0.29, 0.717) is 11.5 Å². The molecular weight excluding hydrogens is 448 g/mol. The summed E-state index contributed by atoms with van der Waals surface area (Å²) in [6, 6.07) is 19.8. The van der Waals surface area contributed by atoms with Crippen LogP contribution in [0.2, 0.25) is 0 Å². The zero-order valence-corrected chi connectivity index (χ0v) is 19.4. The standard InChI is InChI=1S/C26H26N4O5/c1-17-10-12-20(13-11-17)35-18(2)25(32)29(16-21-9-6-14-34-21)22-23(27)30(26(33)28-24(22)31)15-19-7-4-3-5-8-19/h3-14,18H,15-16,27H2,1-2H3,(H,28,31,33). The van der Waals surface area contributed by atoms with Gasteiger partial charge in [-0.05, 0) is 43.7 Å². The molecule has 1 unspecified atom stereocenters. The molecule has 2 aromatic carbocycles. The first-order valence-electron chi connectivity index (χ1n) is 11.1. The third-order valence-corrected chi connectivity index (χ3v) is 5.51. The van der Waals surface area contributed by atoms with Gasteiger partial charge in [-0.1, -0.05) is 48.0 Å². The minimum atomic E-state index is -0.957. The number of aromatic nitrogens is 2. The summed E-state index contributed by atoms with van der Waals surface area (Å²) in [7, 11) is 0. The van der Waals surface area contributed by atoms with Crippen LogP contribution in [0.4, 0.5) is 11.5 Å². The fraction of sp³-hybridized carbons (Fsp3) is 0.192. The summed E-state index contributed by atoms with van der Waals surface area (Å²) in [5, 5.41) is 0. The van der Waals surface area contributed by atoms with E-state index in [0.717, 1.165) is 11.1 Å². The molecule has 0 aliphatic carbocycles. The molecule has 4 rings (SSSR count). The third-order valence-electron chi connectivity index (χ3n) is 5.51. The molecule has 0 radical (unpaired) electrons. The van der Waals surface area contributed by atoms with Crippen LogP contribution >= 0.6 is 0 Å². The van der Waals surface area contributed by atoms with Gasteiger partial charge in [-0.2, -0.15) is 0 Å². The van der Waals surface area contributed by atoms with E-state index in [1.54, 1.807) is 31.2 Å². The first kappa shape index (κ1) is 23.6. The second kappa shape index (κ2) is 10.2. The Bertz CT molecular complexity index is 1410. The molecule has 35 heavy (non-hydrogen) atoms. The van der Waals surface area contributed by atoms with Crippen molar-refractivity contribution in [2.75, 3.05) is 10.6 Å². The lowest BCUT2D eigenvalue weighted by molar-refractivity contribution is -0.124. The molecule has 0 saturated carbocycles. The quantitative estimate of drug-likeness (QED) is 0.405. The van der Waals surface area contributed by atoms with Crippen LogP contribution in [0.15, 0.2) is 87.0 Å². The lowest BCUT2D eigenvalue weighted by Gasteiger charge is -2.26. The van der Waals surface area contributed by atoms with Crippen molar-refractivity contribution in [1.82, 2.24) is 9.55 Å². The number of nitrogens with two attached hydrogens (primary N) is 1. The highest BCUT2D eigenvalue weighted by Crippen LogP contribution is 2.23. The third kappa shape index (κ3) is 5.35. The Balaban J connectivity index is 1.73. The van der Waals surface area contributed by atoms with Crippen molar-refractivity contribution in [1.29, 1.82) is 0 Å². The maximum absolute atomic E-state index is 13.6. The zero-order chi connectivity index (χ0) is 24.9. The van der Waals surface area contributed by atoms with E-state index in [1.165, 1.54) is 15.7 Å². The number of ether oxygens (including phenoxy) is 1. The Morgan fingerprint density at radius 1 is 1.09 bits per heavy atom. The van der Waals surface area contributed by atoms with Crippen LogP contribution in [0.3, 0.4) is 0 Å². The van der Waals surface area contributed by atoms with E-state index in [2.05, 4.69) is 4.98 Å². The van der Waals surface area contributed by atoms with Gasteiger partial charge in [-0.15, -0.1) is 0 Å². The number of aromatic amines is 1. The van der Waals surface area contributed by atoms with E-state index < -0.39 is 23.3 Å². The summed E-state index contributed by atoms with van der Waals surface area (Å²) in [6.07, 6.45) is 0.509. The molecule has 0 saturated heterocycles. The van der Waals surface area contributed by atoms with Crippen LogP contribution in [0.5, 0.6) is 5.75 Å². The van der Waals surface area contributed by atoms with Crippen molar-refractivity contribution < 1.29 is 13.9 Å². The smallest absolute Gasteiger partial charge is 0.330 e. The molecule has 2 heterocycles. The predicted octanol–water partition coefficient (Wildman–Crippen LogP) is 3.07. The average Bonchev–Trinajstić information content (AvgIpc) is 3.36. The molecule has 1 atom stereocenters. The number of aryl methyl sites for hydroxylation is 1. The molecule has 4 aromatic rings. The van der Waals surface area contributed by atoms with E-state index in [-0.39, 0.29) is 24.6 Å². The Hall–Kier alpha value is -4.53. The molecule has 3 N–H and O–H groups in total. The van der Waals surface area contributed by atoms with Crippen molar-refractivity contribution >= 4 is 17.4 Å². The molecule has 0 aliphatic rings. The molecule has 0 bridgehead atoms. The van der Waals surface area contributed by atoms with Crippen molar-refractivity contribution in [3.8, 4) is 5.75 Å². The maximum Gasteiger partial charge on any atom is 0.330 e. The predicted molar refractivity (Wildman–Crippen MR) is 132 cm³/mol. The molecule has 9 nitrogen and oxygen atoms in total. The van der Waals surface area contributed by atoms with Gasteiger partial charge < -0.3 is 14.9 Å². The normalized spacial score (nSPS) is 11.7. The number of carbonyl (C=O) groups is 1. The molecular formula is C26H26N4O5. The summed E-state index contributed by atoms with van der Waals surface area (Å²) in [6.45, 7) is 3.57. The van der Waals surface area contributed by atoms with Crippen LogP contribution in [-0.4, -0.2) is 21.6 Å². The van der Waals surface area contributed by atoms with Gasteiger partial charge >= 0.3 is 5.69 Å². The molecule has 180 valence electrons. The van der Waals surface area contributed by atoms with Crippen molar-refractivity contribution in [3.05, 3.63) is 111 Å². The van der Waals surface area contributed by atoms with E-state index in [9.17, 15) is 14.4 Å². The van der Waals surface area contributed by atoms with Crippen LogP contribution in [-0.2, 0) is 17.9 Å². The first-order valence-corrected chi connectivity index (χ1v) is 11.1. The lowest BCUT2D eigenvalue weighted by atomic mass is 10.2. The van der Waals surface area contributed by atoms with E-state index >= 15 is 0 Å². The minimum Gasteiger partial charge on any atom is -0.481 e. The maximum atomic E-state index is 13.6. The number of carbonyl (C=O) groups excluding carboxylic acids is 1. The number of nitrogens with zero attached hydrogens (tertiary/aromatic N) is 2. The number of amides is 1. The summed E-state index contributed by atoms with van der Waals surface area (Å²) in [5.41, 5.74) is 6.60. The number of rotatable bonds is 8. The highest BCUT2D eigenvalue weighted by atomic mass is 16.5. The SMILES string of the molecule is Cc1ccc(OC(C)C(=O)N(Cc2ccco2)c2c(N)n(Cc3ccccc3)c(=O)[nH]c2=O)cc1. The Labute approximate surface area is 201 Å². The molecule has 2 aromatic heterocycles. The second-order valence-corrected chi connectivity index (χ2v) is 8.14. The number of benzene rings is 2. The highest BCUT2D eigenvalue weighted by molar-refractivity contribution is 5.98. The van der Waals surface area contributed by atoms with Gasteiger partial charge in [0.05, 0.1) is 19.4 Å². The van der Waals surface area contributed by atoms with Gasteiger partial charge in [0.25, 0.3) is 11.5 Å². The number of anilines is 2. The van der Waals surface area contributed by atoms with Crippen LogP contribution in [0, 0.1) is 6.92 Å². The summed E-state index contributed by atoms with van der Waals surface area (Å²) in [5.74, 6) is 0.278. The number of hydrogen-bond donors (Lipinski definition) is 2. The Morgan fingerprint density at radius 3 is 2.46 bits per heavy atom. The van der Waals surface area contributed by atoms with Gasteiger partial charge in [0.2, 0.25) is 0 Å². The number of H-pyrrole nitrogens is 1. The summed E-state index contributed by atoms with van der Waals surface area (Å²) < 4.78 is 12.5. The number of furan rings is 1. The topological polar surface area (TPSA) is 124 Å². The van der Waals surface area contributed by atoms with Crippen LogP contribution < -0.4 is 26.6 Å². The van der Waals surface area contributed by atoms with Gasteiger partial charge in [-0.3, -0.25) is 24.0 Å². The van der Waals surface area contributed by atoms with Gasteiger partial charge in [0.15, 0.2) is 11.8 Å². The lowest BCUT2D eigenvalue weighted by Crippen LogP contribution is -2.45. The van der Waals surface area contributed by atoms with Crippen molar-refractivity contribution in [2.24, 2.45) is 0 Å².